The summed E-state index contributed by atoms with van der Waals surface area (Å²) in [6.07, 6.45) is 0.777. The van der Waals surface area contributed by atoms with Gasteiger partial charge in [-0.25, -0.2) is 4.79 Å². The Bertz CT molecular complexity index is 242. The third-order valence-electron chi connectivity index (χ3n) is 2.46. The van der Waals surface area contributed by atoms with Gasteiger partial charge in [-0.1, -0.05) is 6.92 Å². The average molecular weight is 199 g/mol. The van der Waals surface area contributed by atoms with Gasteiger partial charge in [0.05, 0.1) is 13.2 Å². The normalized spacial score (nSPS) is 19.1. The van der Waals surface area contributed by atoms with Gasteiger partial charge >= 0.3 is 5.97 Å². The van der Waals surface area contributed by atoms with Crippen molar-refractivity contribution < 1.29 is 14.6 Å². The highest BCUT2D eigenvalue weighted by molar-refractivity contribution is 5.86. The van der Waals surface area contributed by atoms with Crippen molar-refractivity contribution in [2.45, 2.75) is 20.3 Å². The Morgan fingerprint density at radius 2 is 2.00 bits per heavy atom. The van der Waals surface area contributed by atoms with Gasteiger partial charge in [0.15, 0.2) is 0 Å². The van der Waals surface area contributed by atoms with Gasteiger partial charge in [0.2, 0.25) is 0 Å². The molecule has 1 aliphatic rings. The molecular weight excluding hydrogens is 182 g/mol. The zero-order valence-corrected chi connectivity index (χ0v) is 8.75. The molecule has 14 heavy (non-hydrogen) atoms. The number of aliphatic carboxylic acids is 1. The first-order valence-corrected chi connectivity index (χ1v) is 4.92. The van der Waals surface area contributed by atoms with E-state index < -0.39 is 5.97 Å². The topological polar surface area (TPSA) is 49.8 Å². The Balaban J connectivity index is 2.81. The van der Waals surface area contributed by atoms with Gasteiger partial charge in [0.1, 0.15) is 5.70 Å². The fourth-order valence-corrected chi connectivity index (χ4v) is 1.54. The Morgan fingerprint density at radius 1 is 1.43 bits per heavy atom. The summed E-state index contributed by atoms with van der Waals surface area (Å²) in [6, 6.07) is 0. The molecule has 1 aliphatic heterocycles. The van der Waals surface area contributed by atoms with Gasteiger partial charge in [-0.2, -0.15) is 0 Å². The molecule has 1 saturated heterocycles. The maximum Gasteiger partial charge on any atom is 0.352 e. The summed E-state index contributed by atoms with van der Waals surface area (Å²) in [6.45, 7) is 6.44. The Hall–Kier alpha value is -1.03. The molecule has 0 bridgehead atoms. The third-order valence-corrected chi connectivity index (χ3v) is 2.46. The maximum absolute atomic E-state index is 11.1. The zero-order chi connectivity index (χ0) is 10.6. The fourth-order valence-electron chi connectivity index (χ4n) is 1.54. The minimum Gasteiger partial charge on any atom is -0.477 e. The molecule has 0 saturated carbocycles. The first kappa shape index (κ1) is 11.0. The van der Waals surface area contributed by atoms with Crippen LogP contribution in [-0.2, 0) is 9.53 Å². The molecule has 0 spiro atoms. The van der Waals surface area contributed by atoms with E-state index in [9.17, 15) is 4.79 Å². The van der Waals surface area contributed by atoms with Crippen molar-refractivity contribution in [3.8, 4) is 0 Å². The second kappa shape index (κ2) is 5.00. The molecule has 1 N–H and O–H groups in total. The second-order valence-corrected chi connectivity index (χ2v) is 3.39. The lowest BCUT2D eigenvalue weighted by atomic mass is 10.1. The van der Waals surface area contributed by atoms with Gasteiger partial charge in [-0.15, -0.1) is 0 Å². The lowest BCUT2D eigenvalue weighted by Crippen LogP contribution is -2.38. The van der Waals surface area contributed by atoms with Crippen molar-refractivity contribution in [2.24, 2.45) is 0 Å². The summed E-state index contributed by atoms with van der Waals surface area (Å²) < 4.78 is 5.19. The smallest absolute Gasteiger partial charge is 0.352 e. The van der Waals surface area contributed by atoms with Crippen LogP contribution >= 0.6 is 0 Å². The number of carboxylic acids is 1. The van der Waals surface area contributed by atoms with E-state index in [0.29, 0.717) is 32.0 Å². The molecule has 4 heteroatoms. The monoisotopic (exact) mass is 199 g/mol. The molecule has 1 heterocycles. The van der Waals surface area contributed by atoms with E-state index in [1.165, 1.54) is 0 Å². The minimum atomic E-state index is -0.828. The van der Waals surface area contributed by atoms with Crippen LogP contribution in [0.5, 0.6) is 0 Å². The summed E-state index contributed by atoms with van der Waals surface area (Å²) in [7, 11) is 0. The summed E-state index contributed by atoms with van der Waals surface area (Å²) in [5.41, 5.74) is 1.38. The van der Waals surface area contributed by atoms with E-state index in [1.54, 1.807) is 0 Å². The highest BCUT2D eigenvalue weighted by Crippen LogP contribution is 2.15. The van der Waals surface area contributed by atoms with Crippen LogP contribution in [0.1, 0.15) is 20.3 Å². The van der Waals surface area contributed by atoms with Crippen LogP contribution in [0.2, 0.25) is 0 Å². The first-order valence-electron chi connectivity index (χ1n) is 4.92. The molecular formula is C10H17NO3. The molecule has 0 unspecified atom stereocenters. The summed E-state index contributed by atoms with van der Waals surface area (Å²) >= 11 is 0. The highest BCUT2D eigenvalue weighted by Gasteiger charge is 2.20. The predicted molar refractivity (Wildman–Crippen MR) is 53.0 cm³/mol. The van der Waals surface area contributed by atoms with Gasteiger partial charge in [0.25, 0.3) is 0 Å². The molecule has 80 valence electrons. The summed E-state index contributed by atoms with van der Waals surface area (Å²) in [5, 5.41) is 9.09. The zero-order valence-electron chi connectivity index (χ0n) is 8.75. The van der Waals surface area contributed by atoms with Crippen LogP contribution in [0.15, 0.2) is 11.3 Å². The number of ether oxygens (including phenoxy) is 1. The van der Waals surface area contributed by atoms with Crippen molar-refractivity contribution in [2.75, 3.05) is 26.3 Å². The molecule has 0 aromatic carbocycles. The SMILES string of the molecule is CCC(C)=C(C(=O)O)N1CCOCC1. The van der Waals surface area contributed by atoms with Gasteiger partial charge in [-0.3, -0.25) is 0 Å². The lowest BCUT2D eigenvalue weighted by molar-refractivity contribution is -0.135. The second-order valence-electron chi connectivity index (χ2n) is 3.39. The van der Waals surface area contributed by atoms with Crippen LogP contribution in [-0.4, -0.2) is 42.3 Å². The number of carboxylic acid groups (broad SMARTS) is 1. The van der Waals surface area contributed by atoms with E-state index in [0.717, 1.165) is 12.0 Å². The number of hydrogen-bond donors (Lipinski definition) is 1. The van der Waals surface area contributed by atoms with E-state index in [2.05, 4.69) is 0 Å². The van der Waals surface area contributed by atoms with Gasteiger partial charge in [-0.05, 0) is 18.9 Å². The number of carbonyl (C=O) groups is 1. The Morgan fingerprint density at radius 3 is 2.43 bits per heavy atom. The standard InChI is InChI=1S/C10H17NO3/c1-3-8(2)9(10(12)13)11-4-6-14-7-5-11/h3-7H2,1-2H3,(H,12,13). The fraction of sp³-hybridized carbons (Fsp3) is 0.700. The van der Waals surface area contributed by atoms with Gasteiger partial charge < -0.3 is 14.7 Å². The van der Waals surface area contributed by atoms with Crippen molar-refractivity contribution >= 4 is 5.97 Å². The molecule has 0 amide bonds. The number of allylic oxidation sites excluding steroid dienone is 1. The number of morpholine rings is 1. The van der Waals surface area contributed by atoms with Crippen LogP contribution in [0, 0.1) is 0 Å². The summed E-state index contributed by atoms with van der Waals surface area (Å²) in [4.78, 5) is 13.0. The minimum absolute atomic E-state index is 0.454. The molecule has 0 atom stereocenters. The van der Waals surface area contributed by atoms with E-state index >= 15 is 0 Å². The van der Waals surface area contributed by atoms with E-state index in [-0.39, 0.29) is 0 Å². The number of nitrogens with zero attached hydrogens (tertiary/aromatic N) is 1. The molecule has 0 aliphatic carbocycles. The largest absolute Gasteiger partial charge is 0.477 e. The quantitative estimate of drug-likeness (QED) is 0.691. The van der Waals surface area contributed by atoms with E-state index in [4.69, 9.17) is 9.84 Å². The molecule has 4 nitrogen and oxygen atoms in total. The highest BCUT2D eigenvalue weighted by atomic mass is 16.5. The predicted octanol–water partition coefficient (Wildman–Crippen LogP) is 1.09. The molecule has 1 fully saturated rings. The number of hydrogen-bond acceptors (Lipinski definition) is 3. The molecule has 0 radical (unpaired) electrons. The number of rotatable bonds is 3. The van der Waals surface area contributed by atoms with Gasteiger partial charge in [0, 0.05) is 13.1 Å². The van der Waals surface area contributed by atoms with Crippen LogP contribution < -0.4 is 0 Å². The van der Waals surface area contributed by atoms with Crippen LogP contribution in [0.25, 0.3) is 0 Å². The Kier molecular flexibility index (Phi) is 3.95. The Labute approximate surface area is 84.2 Å². The van der Waals surface area contributed by atoms with Crippen molar-refractivity contribution in [3.05, 3.63) is 11.3 Å². The third kappa shape index (κ3) is 2.48. The molecule has 0 aromatic heterocycles. The van der Waals surface area contributed by atoms with E-state index in [1.807, 2.05) is 18.7 Å². The van der Waals surface area contributed by atoms with Crippen LogP contribution in [0.4, 0.5) is 0 Å². The van der Waals surface area contributed by atoms with Crippen molar-refractivity contribution in [1.82, 2.24) is 4.90 Å². The maximum atomic E-state index is 11.1. The van der Waals surface area contributed by atoms with Crippen molar-refractivity contribution in [3.63, 3.8) is 0 Å². The summed E-state index contributed by atoms with van der Waals surface area (Å²) in [5.74, 6) is -0.828. The average Bonchev–Trinajstić information content (AvgIpc) is 2.19. The molecule has 0 aromatic rings. The first-order chi connectivity index (χ1) is 6.66. The lowest BCUT2D eigenvalue weighted by Gasteiger charge is -2.30. The van der Waals surface area contributed by atoms with Crippen LogP contribution in [0.3, 0.4) is 0 Å². The van der Waals surface area contributed by atoms with Crippen molar-refractivity contribution in [1.29, 1.82) is 0 Å². The molecule has 1 rings (SSSR count).